The number of nitrogens with zero attached hydrogens (tertiary/aromatic N) is 5. The highest BCUT2D eigenvalue weighted by Crippen LogP contribution is 2.37. The van der Waals surface area contributed by atoms with Gasteiger partial charge in [-0.2, -0.15) is 5.26 Å². The molecule has 37 heavy (non-hydrogen) atoms. The van der Waals surface area contributed by atoms with Crippen LogP contribution in [0.25, 0.3) is 27.9 Å². The number of hydrogen-bond donors (Lipinski definition) is 0. The van der Waals surface area contributed by atoms with Gasteiger partial charge in [0.2, 0.25) is 0 Å². The maximum absolute atomic E-state index is 9.09. The molecule has 5 rings (SSSR count). The van der Waals surface area contributed by atoms with Gasteiger partial charge in [-0.15, -0.1) is 0 Å². The zero-order valence-electron chi connectivity index (χ0n) is 22.2. The fourth-order valence-corrected chi connectivity index (χ4v) is 4.64. The van der Waals surface area contributed by atoms with Gasteiger partial charge in [0.1, 0.15) is 11.3 Å². The second kappa shape index (κ2) is 12.5. The molecule has 0 N–H and O–H groups in total. The minimum Gasteiger partial charge on any atom is -0.494 e. The lowest BCUT2D eigenvalue weighted by Crippen LogP contribution is -2.32. The van der Waals surface area contributed by atoms with Gasteiger partial charge in [-0.25, -0.2) is 4.98 Å². The molecule has 0 radical (unpaired) electrons. The molecule has 7 heteroatoms. The van der Waals surface area contributed by atoms with Crippen LogP contribution in [0.4, 0.5) is 0 Å². The Bertz CT molecular complexity index is 1370. The van der Waals surface area contributed by atoms with Crippen molar-refractivity contribution in [3.05, 3.63) is 71.9 Å². The third kappa shape index (κ3) is 6.16. The van der Waals surface area contributed by atoms with E-state index in [0.717, 1.165) is 58.1 Å². The Labute approximate surface area is 219 Å². The Kier molecular flexibility index (Phi) is 8.89. The van der Waals surface area contributed by atoms with Gasteiger partial charge in [0.15, 0.2) is 0 Å². The van der Waals surface area contributed by atoms with Crippen LogP contribution in [-0.2, 0) is 4.74 Å². The number of aryl methyl sites for hydroxylation is 2. The Morgan fingerprint density at radius 3 is 2.38 bits per heavy atom. The number of pyridine rings is 2. The molecule has 0 bridgehead atoms. The maximum atomic E-state index is 9.09. The minimum absolute atomic E-state index is 0.629. The molecule has 4 heterocycles. The summed E-state index contributed by atoms with van der Waals surface area (Å²) in [6.07, 6.45) is 9.64. The number of rotatable bonds is 6. The first-order valence-electron chi connectivity index (χ1n) is 12.7. The van der Waals surface area contributed by atoms with E-state index >= 15 is 0 Å². The van der Waals surface area contributed by atoms with Crippen molar-refractivity contribution in [2.45, 2.75) is 33.1 Å². The topological polar surface area (TPSA) is 75.7 Å². The van der Waals surface area contributed by atoms with E-state index in [0.29, 0.717) is 5.56 Å². The third-order valence-electron chi connectivity index (χ3n) is 6.88. The second-order valence-electron chi connectivity index (χ2n) is 9.33. The first-order chi connectivity index (χ1) is 18.0. The summed E-state index contributed by atoms with van der Waals surface area (Å²) in [4.78, 5) is 11.3. The summed E-state index contributed by atoms with van der Waals surface area (Å²) in [6, 6.07) is 13.9. The molecule has 0 saturated carbocycles. The number of aromatic nitrogens is 3. The molecule has 7 nitrogen and oxygen atoms in total. The van der Waals surface area contributed by atoms with Crippen LogP contribution in [0.1, 0.15) is 36.1 Å². The summed E-state index contributed by atoms with van der Waals surface area (Å²) in [5.74, 6) is 0.743. The molecule has 1 aliphatic rings. The van der Waals surface area contributed by atoms with Gasteiger partial charge in [0.05, 0.1) is 43.6 Å². The highest BCUT2D eigenvalue weighted by molar-refractivity contribution is 5.86. The van der Waals surface area contributed by atoms with Crippen LogP contribution in [0.2, 0.25) is 0 Å². The lowest BCUT2D eigenvalue weighted by Gasteiger charge is -2.25. The van der Waals surface area contributed by atoms with E-state index in [1.54, 1.807) is 26.7 Å². The van der Waals surface area contributed by atoms with Crippen molar-refractivity contribution in [1.29, 1.82) is 5.26 Å². The van der Waals surface area contributed by atoms with Crippen molar-refractivity contribution in [2.24, 2.45) is 0 Å². The van der Waals surface area contributed by atoms with Crippen molar-refractivity contribution in [1.82, 2.24) is 19.3 Å². The van der Waals surface area contributed by atoms with Crippen LogP contribution in [-0.4, -0.2) is 59.7 Å². The average Bonchev–Trinajstić information content (AvgIpc) is 3.43. The fourth-order valence-electron chi connectivity index (χ4n) is 4.64. The number of benzene rings is 1. The van der Waals surface area contributed by atoms with E-state index < -0.39 is 0 Å². The van der Waals surface area contributed by atoms with Crippen molar-refractivity contribution in [2.75, 3.05) is 40.5 Å². The van der Waals surface area contributed by atoms with Gasteiger partial charge < -0.3 is 14.4 Å². The van der Waals surface area contributed by atoms with E-state index in [-0.39, 0.29) is 0 Å². The van der Waals surface area contributed by atoms with Gasteiger partial charge in [0.25, 0.3) is 0 Å². The van der Waals surface area contributed by atoms with Crippen LogP contribution in [0, 0.1) is 25.2 Å². The zero-order valence-corrected chi connectivity index (χ0v) is 22.2. The van der Waals surface area contributed by atoms with E-state index in [1.165, 1.54) is 32.4 Å². The molecule has 0 aliphatic carbocycles. The minimum atomic E-state index is 0.629. The summed E-state index contributed by atoms with van der Waals surface area (Å²) in [5, 5.41) is 9.09. The highest BCUT2D eigenvalue weighted by Gasteiger charge is 2.17. The monoisotopic (exact) mass is 497 g/mol. The molecule has 0 spiro atoms. The summed E-state index contributed by atoms with van der Waals surface area (Å²) < 4.78 is 12.6. The summed E-state index contributed by atoms with van der Waals surface area (Å²) >= 11 is 0. The number of piperidine rings is 1. The number of nitriles is 1. The summed E-state index contributed by atoms with van der Waals surface area (Å²) in [5.41, 5.74) is 7.64. The summed E-state index contributed by atoms with van der Waals surface area (Å²) in [7, 11) is 3.42. The van der Waals surface area contributed by atoms with Crippen molar-refractivity contribution >= 4 is 5.52 Å². The lowest BCUT2D eigenvalue weighted by molar-refractivity contribution is 0.135. The number of ether oxygens (including phenoxy) is 2. The normalized spacial score (nSPS) is 13.6. The van der Waals surface area contributed by atoms with Crippen LogP contribution < -0.4 is 4.74 Å². The Hall–Kier alpha value is -3.73. The standard InChI is InChI=1S/C22H18N4O.C8H17NO/c1-14-8-18(11-25-15(14)2)22-19(17-6-4-16(10-23)5-7-17)9-21(27-3)20-12-24-13-26(20)22;1-10-8-7-9-5-3-2-4-6-9/h4-9,11-13H,1-3H3;2-8H2,1H3. The average molecular weight is 498 g/mol. The van der Waals surface area contributed by atoms with E-state index in [1.807, 2.05) is 47.9 Å². The molecule has 192 valence electrons. The predicted octanol–water partition coefficient (Wildman–Crippen LogP) is 5.68. The molecule has 1 fully saturated rings. The smallest absolute Gasteiger partial charge is 0.145 e. The maximum Gasteiger partial charge on any atom is 0.145 e. The molecular formula is C30H35N5O2. The number of hydrogen-bond acceptors (Lipinski definition) is 6. The molecule has 1 aliphatic heterocycles. The third-order valence-corrected chi connectivity index (χ3v) is 6.88. The number of fused-ring (bicyclic) bond motifs is 1. The lowest BCUT2D eigenvalue weighted by atomic mass is 9.97. The number of methoxy groups -OCH3 is 2. The molecule has 1 aromatic carbocycles. The van der Waals surface area contributed by atoms with Crippen LogP contribution >= 0.6 is 0 Å². The van der Waals surface area contributed by atoms with E-state index in [9.17, 15) is 0 Å². The predicted molar refractivity (Wildman–Crippen MR) is 147 cm³/mol. The molecule has 0 atom stereocenters. The molecular weight excluding hydrogens is 462 g/mol. The highest BCUT2D eigenvalue weighted by atomic mass is 16.5. The number of imidazole rings is 1. The van der Waals surface area contributed by atoms with Gasteiger partial charge in [-0.3, -0.25) is 9.38 Å². The van der Waals surface area contributed by atoms with Crippen molar-refractivity contribution in [3.63, 3.8) is 0 Å². The first kappa shape index (κ1) is 26.3. The molecule has 4 aromatic rings. The van der Waals surface area contributed by atoms with Crippen molar-refractivity contribution < 1.29 is 9.47 Å². The van der Waals surface area contributed by atoms with Crippen molar-refractivity contribution in [3.8, 4) is 34.2 Å². The quantitative estimate of drug-likeness (QED) is 0.341. The van der Waals surface area contributed by atoms with Crippen LogP contribution in [0.3, 0.4) is 0 Å². The zero-order chi connectivity index (χ0) is 26.2. The van der Waals surface area contributed by atoms with Crippen LogP contribution in [0.5, 0.6) is 5.75 Å². The number of likely N-dealkylation sites (tertiary alicyclic amines) is 1. The SMILES string of the molecule is COCCN1CCCCC1.COc1cc(-c2ccc(C#N)cc2)c(-c2cnc(C)c(C)c2)n2cncc12. The van der Waals surface area contributed by atoms with E-state index in [2.05, 4.69) is 33.9 Å². The molecule has 0 amide bonds. The second-order valence-corrected chi connectivity index (χ2v) is 9.33. The Morgan fingerprint density at radius 2 is 1.73 bits per heavy atom. The van der Waals surface area contributed by atoms with Gasteiger partial charge >= 0.3 is 0 Å². The first-order valence-corrected chi connectivity index (χ1v) is 12.7. The van der Waals surface area contributed by atoms with Gasteiger partial charge in [0, 0.05) is 36.7 Å². The Balaban J connectivity index is 0.000000270. The van der Waals surface area contributed by atoms with Gasteiger partial charge in [-0.05, 0) is 75.2 Å². The fraction of sp³-hybridized carbons (Fsp3) is 0.367. The Morgan fingerprint density at radius 1 is 0.973 bits per heavy atom. The van der Waals surface area contributed by atoms with Gasteiger partial charge in [-0.1, -0.05) is 18.6 Å². The van der Waals surface area contributed by atoms with E-state index in [4.69, 9.17) is 14.7 Å². The largest absolute Gasteiger partial charge is 0.494 e. The molecule has 3 aromatic heterocycles. The molecule has 1 saturated heterocycles. The summed E-state index contributed by atoms with van der Waals surface area (Å²) in [6.45, 7) is 8.63. The van der Waals surface area contributed by atoms with Crippen LogP contribution in [0.15, 0.2) is 55.1 Å². The molecule has 0 unspecified atom stereocenters.